The average Bonchev–Trinajstić information content (AvgIpc) is 3.15. The van der Waals surface area contributed by atoms with E-state index in [1.165, 1.54) is 0 Å². The van der Waals surface area contributed by atoms with Gasteiger partial charge in [0.15, 0.2) is 0 Å². The molecule has 0 aliphatic heterocycles. The Morgan fingerprint density at radius 1 is 0.379 bits per heavy atom. The lowest BCUT2D eigenvalue weighted by Crippen LogP contribution is -2.60. The highest BCUT2D eigenvalue weighted by atomic mass is 16.4. The maximum absolute atomic E-state index is 14.3. The van der Waals surface area contributed by atoms with Gasteiger partial charge in [-0.3, -0.25) is 76.7 Å². The lowest BCUT2D eigenvalue weighted by Gasteiger charge is -2.27. The van der Waals surface area contributed by atoms with E-state index in [0.29, 0.717) is 17.5 Å². The number of benzene rings is 2. The fraction of sp³-hybridized carbons (Fsp3) is 0.481. The van der Waals surface area contributed by atoms with Gasteiger partial charge in [0.2, 0.25) is 65.0 Å². The number of rotatable bonds is 41. The monoisotopic (exact) mass is 1230 g/mol. The number of nitrogens with two attached hydrogens (primary N) is 1. The van der Waals surface area contributed by atoms with Crippen LogP contribution in [0.15, 0.2) is 60.7 Å². The molecule has 0 heterocycles. The second-order valence-corrected chi connectivity index (χ2v) is 19.9. The third-order valence-corrected chi connectivity index (χ3v) is 12.2. The smallest absolute Gasteiger partial charge is 0.305 e. The summed E-state index contributed by atoms with van der Waals surface area (Å²) in [6.45, 7) is 2.34. The van der Waals surface area contributed by atoms with E-state index >= 15 is 0 Å². The van der Waals surface area contributed by atoms with Gasteiger partial charge in [-0.15, -0.1) is 0 Å². The van der Waals surface area contributed by atoms with Gasteiger partial charge in [-0.05, 0) is 17.5 Å². The number of nitrogens with one attached hydrogen (secondary N) is 11. The van der Waals surface area contributed by atoms with Gasteiger partial charge in [-0.1, -0.05) is 101 Å². The summed E-state index contributed by atoms with van der Waals surface area (Å²) in [6.07, 6.45) is -3.63. The van der Waals surface area contributed by atoms with Crippen molar-refractivity contribution in [1.29, 1.82) is 0 Å². The van der Waals surface area contributed by atoms with Crippen molar-refractivity contribution in [2.75, 3.05) is 19.6 Å². The Hall–Kier alpha value is -10.1. The minimum Gasteiger partial charge on any atom is -0.481 e. The maximum atomic E-state index is 14.3. The van der Waals surface area contributed by atoms with Gasteiger partial charge in [0.05, 0.1) is 57.8 Å². The molecule has 2 rings (SSSR count). The normalized spacial score (nSPS) is 13.5. The average molecular weight is 1230 g/mol. The first-order valence-electron chi connectivity index (χ1n) is 27.1. The first-order valence-corrected chi connectivity index (χ1v) is 27.1. The summed E-state index contributed by atoms with van der Waals surface area (Å²) >= 11 is 0. The molecule has 0 saturated heterocycles. The van der Waals surface area contributed by atoms with Gasteiger partial charge in [-0.25, -0.2) is 0 Å². The van der Waals surface area contributed by atoms with E-state index in [1.807, 2.05) is 28.2 Å². The van der Waals surface area contributed by atoms with Crippen molar-refractivity contribution < 1.29 is 102 Å². The van der Waals surface area contributed by atoms with Crippen molar-refractivity contribution in [3.63, 3.8) is 0 Å². The van der Waals surface area contributed by atoms with Crippen LogP contribution in [0, 0.1) is 0 Å². The number of carbonyl (C=O) groups is 16. The Balaban J connectivity index is 2.24. The number of primary amides is 1. The number of carboxylic acid groups (broad SMARTS) is 5. The highest BCUT2D eigenvalue weighted by Crippen LogP contribution is 2.11. The molecule has 2 aromatic rings. The zero-order chi connectivity index (χ0) is 65.3. The van der Waals surface area contributed by atoms with E-state index in [2.05, 4.69) is 37.2 Å². The maximum Gasteiger partial charge on any atom is 0.305 e. The lowest BCUT2D eigenvalue weighted by molar-refractivity contribution is -0.144. The van der Waals surface area contributed by atoms with Crippen LogP contribution in [0.2, 0.25) is 0 Å². The molecular weight excluding hydrogens is 1150 g/mol. The van der Waals surface area contributed by atoms with E-state index < -0.39 is 201 Å². The Morgan fingerprint density at radius 3 is 1.06 bits per heavy atom. The molecule has 0 radical (unpaired) electrons. The number of carboxylic acids is 5. The predicted octanol–water partition coefficient (Wildman–Crippen LogP) is -4.98. The zero-order valence-corrected chi connectivity index (χ0v) is 47.7. The van der Waals surface area contributed by atoms with Gasteiger partial charge >= 0.3 is 29.8 Å². The molecule has 0 spiro atoms. The Kier molecular flexibility index (Phi) is 31.9. The summed E-state index contributed by atoms with van der Waals surface area (Å²) in [5.74, 6) is -20.8. The summed E-state index contributed by atoms with van der Waals surface area (Å²) in [4.78, 5) is 204. The van der Waals surface area contributed by atoms with Crippen molar-refractivity contribution >= 4 is 94.8 Å². The summed E-state index contributed by atoms with van der Waals surface area (Å²) in [5, 5.41) is 71.9. The number of hydrogen-bond donors (Lipinski definition) is 17. The van der Waals surface area contributed by atoms with Crippen LogP contribution < -0.4 is 64.2 Å². The molecular formula is C54H74N12O21. The van der Waals surface area contributed by atoms with E-state index in [0.717, 1.165) is 12.8 Å². The van der Waals surface area contributed by atoms with Crippen LogP contribution in [-0.2, 0) is 89.6 Å². The Labute approximate surface area is 497 Å². The fourth-order valence-corrected chi connectivity index (χ4v) is 7.99. The predicted molar refractivity (Wildman–Crippen MR) is 299 cm³/mol. The minimum absolute atomic E-state index is 0.131. The van der Waals surface area contributed by atoms with Crippen molar-refractivity contribution in [1.82, 2.24) is 58.5 Å². The quantitative estimate of drug-likeness (QED) is 0.0277. The largest absolute Gasteiger partial charge is 0.481 e. The van der Waals surface area contributed by atoms with Crippen molar-refractivity contribution in [2.45, 2.75) is 146 Å². The van der Waals surface area contributed by atoms with Crippen LogP contribution in [0.5, 0.6) is 0 Å². The molecule has 8 atom stereocenters. The first-order chi connectivity index (χ1) is 41.0. The molecule has 2 aromatic carbocycles. The molecule has 11 amide bonds. The summed E-state index contributed by atoms with van der Waals surface area (Å²) < 4.78 is 0. The molecule has 18 N–H and O–H groups in total. The molecule has 0 aliphatic carbocycles. The molecule has 0 saturated carbocycles. The number of aliphatic carboxylic acids is 5. The van der Waals surface area contributed by atoms with Crippen molar-refractivity contribution in [3.05, 3.63) is 71.8 Å². The number of amides is 11. The summed E-state index contributed by atoms with van der Waals surface area (Å²) in [6, 6.07) is 2.19. The Morgan fingerprint density at radius 2 is 0.690 bits per heavy atom. The third-order valence-electron chi connectivity index (χ3n) is 12.2. The van der Waals surface area contributed by atoms with Crippen molar-refractivity contribution in [3.8, 4) is 0 Å². The second kappa shape index (κ2) is 38.0. The van der Waals surface area contributed by atoms with E-state index in [-0.39, 0.29) is 19.3 Å². The first kappa shape index (κ1) is 73.0. The fourth-order valence-electron chi connectivity index (χ4n) is 7.99. The minimum atomic E-state index is -2.22. The van der Waals surface area contributed by atoms with Crippen LogP contribution in [0.4, 0.5) is 0 Å². The number of carbonyl (C=O) groups excluding carboxylic acids is 11. The molecule has 0 aliphatic rings. The molecule has 87 heavy (non-hydrogen) atoms. The van der Waals surface area contributed by atoms with Crippen LogP contribution in [0.25, 0.3) is 0 Å². The molecule has 33 heteroatoms. The standard InChI is InChI=1S/C54H74N12O21/c1-4-5-8-17-31(47(55)80)61-49(82)32(18-29-13-9-6-10-14-29)62-50(83)33(19-30-15-11-7-12-16-30)63-53(86)37(23-45(76)77)66-54(87)38(24-46(78)79)65-52(85)36(22-44(74)75)60-41(69)27-57-39(67)25-56-40(68)26-58-48(81)34(20-42(70)71)64-51(84)35(21-43(72)73)59-28(2)3/h6-7,9-16,28,31-38,59H,4-5,8,17-27H2,1-3H3,(H2,55,80)(H,56,68)(H,57,67)(H,58,81)(H,60,69)(H,61,82)(H,62,83)(H,63,86)(H,64,84)(H,65,85)(H,66,87)(H,70,71)(H,72,73)(H,74,75)(H,76,77)(H,78,79). The van der Waals surface area contributed by atoms with Gasteiger partial charge in [0.1, 0.15) is 42.3 Å². The van der Waals surface area contributed by atoms with E-state index in [9.17, 15) is 97.1 Å². The highest BCUT2D eigenvalue weighted by molar-refractivity contribution is 6.00. The number of hydrogen-bond acceptors (Lipinski definition) is 17. The summed E-state index contributed by atoms with van der Waals surface area (Å²) in [7, 11) is 0. The van der Waals surface area contributed by atoms with Gasteiger partial charge in [0.25, 0.3) is 0 Å². The second-order valence-electron chi connectivity index (χ2n) is 19.9. The van der Waals surface area contributed by atoms with E-state index in [1.54, 1.807) is 74.5 Å². The van der Waals surface area contributed by atoms with Crippen LogP contribution in [-0.4, -0.2) is 194 Å². The molecule has 476 valence electrons. The molecule has 0 aromatic heterocycles. The molecule has 33 nitrogen and oxygen atoms in total. The SMILES string of the molecule is CCCCCC(NC(=O)C(Cc1ccccc1)NC(=O)C(Cc1ccccc1)NC(=O)C(CC(=O)O)NC(=O)C(CC(=O)O)NC(=O)C(CC(=O)O)NC(=O)CNC(=O)CNC(=O)CNC(=O)C(CC(=O)O)NC(=O)C(CC(=O)O)NC(C)C)C(N)=O. The Bertz CT molecular complexity index is 2790. The van der Waals surface area contributed by atoms with Crippen LogP contribution in [0.1, 0.15) is 89.7 Å². The topological polar surface area (TPSA) is 533 Å². The van der Waals surface area contributed by atoms with Gasteiger partial charge in [-0.2, -0.15) is 0 Å². The zero-order valence-electron chi connectivity index (χ0n) is 47.7. The third kappa shape index (κ3) is 29.8. The van der Waals surface area contributed by atoms with Crippen molar-refractivity contribution in [2.24, 2.45) is 5.73 Å². The molecule has 0 fully saturated rings. The molecule has 0 bridgehead atoms. The van der Waals surface area contributed by atoms with E-state index in [4.69, 9.17) is 10.8 Å². The lowest BCUT2D eigenvalue weighted by atomic mass is 10.0. The van der Waals surface area contributed by atoms with Crippen LogP contribution >= 0.6 is 0 Å². The molecule has 8 unspecified atom stereocenters. The van der Waals surface area contributed by atoms with Gasteiger partial charge in [0, 0.05) is 18.9 Å². The van der Waals surface area contributed by atoms with Crippen LogP contribution in [0.3, 0.4) is 0 Å². The highest BCUT2D eigenvalue weighted by Gasteiger charge is 2.36. The number of unbranched alkanes of at least 4 members (excludes halogenated alkanes) is 2. The van der Waals surface area contributed by atoms with Gasteiger partial charge < -0.3 is 89.8 Å². The summed E-state index contributed by atoms with van der Waals surface area (Å²) in [5.41, 5.74) is 6.61.